The van der Waals surface area contributed by atoms with Crippen LogP contribution in [0.3, 0.4) is 0 Å². The van der Waals surface area contributed by atoms with Gasteiger partial charge in [-0.3, -0.25) is 0 Å². The molecule has 6 heteroatoms. The van der Waals surface area contributed by atoms with E-state index in [1.54, 1.807) is 18.2 Å². The smallest absolute Gasteiger partial charge is 0.145 e. The largest absolute Gasteiger partial charge is 0.456 e. The van der Waals surface area contributed by atoms with Crippen LogP contribution in [0.2, 0.25) is 10.0 Å². The van der Waals surface area contributed by atoms with Crippen LogP contribution in [0.1, 0.15) is 5.56 Å². The fourth-order valence-electron chi connectivity index (χ4n) is 1.68. The molecule has 0 spiro atoms. The molecule has 0 saturated carbocycles. The molecule has 0 unspecified atom stereocenters. The quantitative estimate of drug-likeness (QED) is 0.718. The Bertz CT molecular complexity index is 637. The Kier molecular flexibility index (Phi) is 5.27. The van der Waals surface area contributed by atoms with Crippen molar-refractivity contribution >= 4 is 39.1 Å². The van der Waals surface area contributed by atoms with Gasteiger partial charge in [-0.2, -0.15) is 0 Å². The fraction of sp³-hybridized carbons (Fsp3) is 0.143. The predicted molar refractivity (Wildman–Crippen MR) is 83.4 cm³/mol. The van der Waals surface area contributed by atoms with Gasteiger partial charge in [-0.1, -0.05) is 23.2 Å². The van der Waals surface area contributed by atoms with Gasteiger partial charge in [0.05, 0.1) is 9.50 Å². The average molecular weight is 379 g/mol. The maximum Gasteiger partial charge on any atom is 0.145 e. The molecule has 0 aliphatic heterocycles. The summed E-state index contributed by atoms with van der Waals surface area (Å²) in [7, 11) is 1.82. The standard InChI is InChI=1S/C14H11BrCl2FNO/c1-19-7-8-4-9(16)2-3-13(8)20-14-6-12(18)11(17)5-10(14)15/h2-6,19H,7H2,1H3. The SMILES string of the molecule is CNCc1cc(Cl)ccc1Oc1cc(F)c(Cl)cc1Br. The molecule has 0 fully saturated rings. The van der Waals surface area contributed by atoms with Crippen molar-refractivity contribution in [1.82, 2.24) is 5.32 Å². The molecule has 0 bridgehead atoms. The highest BCUT2D eigenvalue weighted by molar-refractivity contribution is 9.10. The number of nitrogens with one attached hydrogen (secondary N) is 1. The molecular weight excluding hydrogens is 368 g/mol. The first-order valence-electron chi connectivity index (χ1n) is 5.76. The number of benzene rings is 2. The molecule has 0 atom stereocenters. The van der Waals surface area contributed by atoms with E-state index in [2.05, 4.69) is 21.2 Å². The van der Waals surface area contributed by atoms with Gasteiger partial charge in [0, 0.05) is 23.2 Å². The summed E-state index contributed by atoms with van der Waals surface area (Å²) in [6.45, 7) is 0.587. The first kappa shape index (κ1) is 15.6. The molecule has 2 nitrogen and oxygen atoms in total. The van der Waals surface area contributed by atoms with Crippen LogP contribution < -0.4 is 10.1 Å². The Morgan fingerprint density at radius 3 is 2.65 bits per heavy atom. The van der Waals surface area contributed by atoms with Gasteiger partial charge in [-0.25, -0.2) is 4.39 Å². The molecule has 0 radical (unpaired) electrons. The van der Waals surface area contributed by atoms with Crippen molar-refractivity contribution in [2.75, 3.05) is 7.05 Å². The van der Waals surface area contributed by atoms with E-state index in [1.807, 2.05) is 7.05 Å². The van der Waals surface area contributed by atoms with Crippen LogP contribution in [-0.4, -0.2) is 7.05 Å². The highest BCUT2D eigenvalue weighted by Gasteiger charge is 2.11. The van der Waals surface area contributed by atoms with Crippen LogP contribution >= 0.6 is 39.1 Å². The van der Waals surface area contributed by atoms with Crippen molar-refractivity contribution in [2.45, 2.75) is 6.54 Å². The summed E-state index contributed by atoms with van der Waals surface area (Å²) in [6.07, 6.45) is 0. The lowest BCUT2D eigenvalue weighted by atomic mass is 10.2. The lowest BCUT2D eigenvalue weighted by Crippen LogP contribution is -2.06. The monoisotopic (exact) mass is 377 g/mol. The van der Waals surface area contributed by atoms with Gasteiger partial charge in [0.25, 0.3) is 0 Å². The summed E-state index contributed by atoms with van der Waals surface area (Å²) >= 11 is 15.0. The van der Waals surface area contributed by atoms with Crippen molar-refractivity contribution in [3.63, 3.8) is 0 Å². The minimum Gasteiger partial charge on any atom is -0.456 e. The molecule has 0 saturated heterocycles. The van der Waals surface area contributed by atoms with E-state index in [1.165, 1.54) is 12.1 Å². The lowest BCUT2D eigenvalue weighted by Gasteiger charge is -2.13. The van der Waals surface area contributed by atoms with E-state index >= 15 is 0 Å². The topological polar surface area (TPSA) is 21.3 Å². The van der Waals surface area contributed by atoms with Gasteiger partial charge < -0.3 is 10.1 Å². The number of hydrogen-bond acceptors (Lipinski definition) is 2. The number of ether oxygens (including phenoxy) is 1. The van der Waals surface area contributed by atoms with E-state index in [0.29, 0.717) is 27.5 Å². The summed E-state index contributed by atoms with van der Waals surface area (Å²) in [4.78, 5) is 0. The van der Waals surface area contributed by atoms with E-state index in [0.717, 1.165) is 5.56 Å². The van der Waals surface area contributed by atoms with Gasteiger partial charge in [0.15, 0.2) is 0 Å². The fourth-order valence-corrected chi connectivity index (χ4v) is 2.59. The summed E-state index contributed by atoms with van der Waals surface area (Å²) in [5.41, 5.74) is 0.877. The second-order valence-corrected chi connectivity index (χ2v) is 5.78. The molecule has 0 amide bonds. The predicted octanol–water partition coefficient (Wildman–Crippen LogP) is 5.41. The van der Waals surface area contributed by atoms with Crippen LogP contribution in [-0.2, 0) is 6.54 Å². The van der Waals surface area contributed by atoms with Gasteiger partial charge in [0.1, 0.15) is 17.3 Å². The summed E-state index contributed by atoms with van der Waals surface area (Å²) < 4.78 is 19.8. The Morgan fingerprint density at radius 2 is 1.95 bits per heavy atom. The van der Waals surface area contributed by atoms with Crippen LogP contribution in [0.25, 0.3) is 0 Å². The van der Waals surface area contributed by atoms with Gasteiger partial charge >= 0.3 is 0 Å². The Balaban J connectivity index is 2.37. The van der Waals surface area contributed by atoms with Crippen molar-refractivity contribution in [3.05, 3.63) is 56.2 Å². The van der Waals surface area contributed by atoms with Gasteiger partial charge in [-0.15, -0.1) is 0 Å². The van der Waals surface area contributed by atoms with Crippen molar-refractivity contribution in [2.24, 2.45) is 0 Å². The summed E-state index contributed by atoms with van der Waals surface area (Å²) in [5, 5.41) is 3.68. The third-order valence-electron chi connectivity index (χ3n) is 2.58. The number of halogens is 4. The zero-order chi connectivity index (χ0) is 14.7. The van der Waals surface area contributed by atoms with Crippen molar-refractivity contribution in [1.29, 1.82) is 0 Å². The van der Waals surface area contributed by atoms with Crippen LogP contribution in [0, 0.1) is 5.82 Å². The Morgan fingerprint density at radius 1 is 1.20 bits per heavy atom. The molecule has 0 aromatic heterocycles. The first-order chi connectivity index (χ1) is 9.51. The third kappa shape index (κ3) is 3.64. The zero-order valence-corrected chi connectivity index (χ0v) is 13.6. The lowest BCUT2D eigenvalue weighted by molar-refractivity contribution is 0.466. The van der Waals surface area contributed by atoms with E-state index in [9.17, 15) is 4.39 Å². The van der Waals surface area contributed by atoms with Crippen LogP contribution in [0.15, 0.2) is 34.8 Å². The molecule has 2 rings (SSSR count). The minimum atomic E-state index is -0.533. The van der Waals surface area contributed by atoms with Crippen molar-refractivity contribution in [3.8, 4) is 11.5 Å². The second kappa shape index (κ2) is 6.76. The van der Waals surface area contributed by atoms with E-state index in [4.69, 9.17) is 27.9 Å². The van der Waals surface area contributed by atoms with Gasteiger partial charge in [-0.05, 0) is 47.2 Å². The summed E-state index contributed by atoms with van der Waals surface area (Å²) in [6, 6.07) is 7.96. The Hall–Kier alpha value is -0.810. The van der Waals surface area contributed by atoms with Crippen LogP contribution in [0.4, 0.5) is 4.39 Å². The number of rotatable bonds is 4. The second-order valence-electron chi connectivity index (χ2n) is 4.08. The van der Waals surface area contributed by atoms with E-state index < -0.39 is 5.82 Å². The van der Waals surface area contributed by atoms with Gasteiger partial charge in [0.2, 0.25) is 0 Å². The molecule has 2 aromatic carbocycles. The molecular formula is C14H11BrCl2FNO. The Labute approximate surface area is 135 Å². The highest BCUT2D eigenvalue weighted by atomic mass is 79.9. The van der Waals surface area contributed by atoms with E-state index in [-0.39, 0.29) is 5.02 Å². The van der Waals surface area contributed by atoms with Crippen molar-refractivity contribution < 1.29 is 9.13 Å². The maximum absolute atomic E-state index is 13.5. The third-order valence-corrected chi connectivity index (χ3v) is 3.73. The zero-order valence-electron chi connectivity index (χ0n) is 10.5. The summed E-state index contributed by atoms with van der Waals surface area (Å²) in [5.74, 6) is 0.423. The molecule has 2 aromatic rings. The minimum absolute atomic E-state index is 0.0378. The molecule has 106 valence electrons. The first-order valence-corrected chi connectivity index (χ1v) is 7.31. The normalized spacial score (nSPS) is 10.7. The molecule has 0 aliphatic rings. The number of hydrogen-bond donors (Lipinski definition) is 1. The highest BCUT2D eigenvalue weighted by Crippen LogP contribution is 2.35. The molecule has 20 heavy (non-hydrogen) atoms. The average Bonchev–Trinajstić information content (AvgIpc) is 2.39. The molecule has 1 N–H and O–H groups in total. The van der Waals surface area contributed by atoms with Crippen LogP contribution in [0.5, 0.6) is 11.5 Å². The maximum atomic E-state index is 13.5. The molecule has 0 heterocycles. The molecule has 0 aliphatic carbocycles.